The average molecular weight is 466 g/mol. The molecule has 3 aromatic rings. The van der Waals surface area contributed by atoms with Gasteiger partial charge in [0.2, 0.25) is 0 Å². The highest BCUT2D eigenvalue weighted by Crippen LogP contribution is 2.45. The second-order valence-electron chi connectivity index (χ2n) is 7.22. The topological polar surface area (TPSA) is 77.4 Å². The molecule has 3 heterocycles. The molecule has 1 aliphatic heterocycles. The summed E-state index contributed by atoms with van der Waals surface area (Å²) in [6.07, 6.45) is -3.66. The van der Waals surface area contributed by atoms with Gasteiger partial charge in [-0.2, -0.15) is 18.3 Å². The first-order valence-electron chi connectivity index (χ1n) is 9.75. The fraction of sp³-hybridized carbons (Fsp3) is 0.333. The third-order valence-corrected chi connectivity index (χ3v) is 6.17. The summed E-state index contributed by atoms with van der Waals surface area (Å²) in [6, 6.07) is 6.08. The van der Waals surface area contributed by atoms with E-state index in [1.54, 1.807) is 18.2 Å². The molecule has 0 saturated carbocycles. The van der Waals surface area contributed by atoms with Gasteiger partial charge in [0.15, 0.2) is 17.5 Å². The van der Waals surface area contributed by atoms with Crippen molar-refractivity contribution in [3.8, 4) is 11.5 Å². The normalized spacial score (nSPS) is 17.9. The van der Waals surface area contributed by atoms with Crippen molar-refractivity contribution in [3.05, 3.63) is 57.9 Å². The number of hydrogen-bond acceptors (Lipinski definition) is 6. The van der Waals surface area contributed by atoms with Gasteiger partial charge in [-0.3, -0.25) is 4.79 Å². The van der Waals surface area contributed by atoms with E-state index >= 15 is 0 Å². The van der Waals surface area contributed by atoms with E-state index in [4.69, 9.17) is 9.47 Å². The summed E-state index contributed by atoms with van der Waals surface area (Å²) in [4.78, 5) is 13.7. The van der Waals surface area contributed by atoms with Crippen molar-refractivity contribution in [1.29, 1.82) is 0 Å². The number of benzene rings is 1. The Morgan fingerprint density at radius 1 is 1.28 bits per heavy atom. The Morgan fingerprint density at radius 2 is 2.06 bits per heavy atom. The van der Waals surface area contributed by atoms with Crippen LogP contribution in [0.2, 0.25) is 0 Å². The summed E-state index contributed by atoms with van der Waals surface area (Å²) < 4.78 is 53.0. The number of carbonyl (C=O) groups excluding carboxylic acids is 1. The lowest BCUT2D eigenvalue weighted by Crippen LogP contribution is -2.36. The smallest absolute Gasteiger partial charge is 0.410 e. The molecule has 0 saturated heterocycles. The van der Waals surface area contributed by atoms with Crippen molar-refractivity contribution < 1.29 is 27.4 Å². The van der Waals surface area contributed by atoms with Gasteiger partial charge in [0.1, 0.15) is 11.4 Å². The molecular formula is C21H21F3N4O3S. The third-order valence-electron chi connectivity index (χ3n) is 5.30. The monoisotopic (exact) mass is 466 g/mol. The number of nitrogens with zero attached hydrogens (tertiary/aromatic N) is 2. The number of nitrogens with one attached hydrogen (secondary N) is 2. The average Bonchev–Trinajstić information content (AvgIpc) is 3.45. The fourth-order valence-corrected chi connectivity index (χ4v) is 4.34. The molecular weight excluding hydrogens is 445 g/mol. The summed E-state index contributed by atoms with van der Waals surface area (Å²) >= 11 is 1.48. The number of rotatable bonds is 6. The summed E-state index contributed by atoms with van der Waals surface area (Å²) in [5.41, 5.74) is 0.635. The minimum atomic E-state index is -4.54. The lowest BCUT2D eigenvalue weighted by Gasteiger charge is -2.34. The number of carbonyl (C=O) groups is 1. The van der Waals surface area contributed by atoms with Crippen LogP contribution in [-0.2, 0) is 6.54 Å². The van der Waals surface area contributed by atoms with Gasteiger partial charge in [0.05, 0.1) is 33.0 Å². The number of aromatic nitrogens is 2. The molecule has 2 atom stereocenters. The molecule has 0 aliphatic carbocycles. The number of anilines is 1. The lowest BCUT2D eigenvalue weighted by atomic mass is 9.96. The SMILES string of the molecule is COc1ccc([C@@H]2C[C@@H](C(F)(F)F)n3ncc(C(=O)NCc4cccs4)c3N2)cc1OC. The molecule has 0 unspecified atom stereocenters. The van der Waals surface area contributed by atoms with Crippen LogP contribution in [0.15, 0.2) is 41.9 Å². The molecule has 1 aliphatic rings. The highest BCUT2D eigenvalue weighted by atomic mass is 32.1. The van der Waals surface area contributed by atoms with Crippen molar-refractivity contribution in [2.24, 2.45) is 0 Å². The van der Waals surface area contributed by atoms with Gasteiger partial charge in [-0.1, -0.05) is 12.1 Å². The maximum Gasteiger partial charge on any atom is 0.410 e. The van der Waals surface area contributed by atoms with Crippen molar-refractivity contribution in [3.63, 3.8) is 0 Å². The minimum absolute atomic E-state index is 0.0297. The predicted molar refractivity (Wildman–Crippen MR) is 113 cm³/mol. The van der Waals surface area contributed by atoms with E-state index in [1.165, 1.54) is 31.8 Å². The van der Waals surface area contributed by atoms with Crippen LogP contribution in [0.5, 0.6) is 11.5 Å². The number of methoxy groups -OCH3 is 2. The number of thiophene rings is 1. The first-order chi connectivity index (χ1) is 15.3. The Labute approximate surface area is 186 Å². The summed E-state index contributed by atoms with van der Waals surface area (Å²) in [6.45, 7) is 0.281. The summed E-state index contributed by atoms with van der Waals surface area (Å²) in [7, 11) is 2.94. The van der Waals surface area contributed by atoms with Crippen LogP contribution in [-0.4, -0.2) is 36.1 Å². The maximum absolute atomic E-state index is 13.9. The summed E-state index contributed by atoms with van der Waals surface area (Å²) in [5.74, 6) is 0.407. The van der Waals surface area contributed by atoms with Gasteiger partial charge in [0, 0.05) is 11.3 Å². The molecule has 2 N–H and O–H groups in total. The van der Waals surface area contributed by atoms with Crippen LogP contribution in [0.1, 0.15) is 39.3 Å². The second kappa shape index (κ2) is 8.73. The molecule has 7 nitrogen and oxygen atoms in total. The van der Waals surface area contributed by atoms with Gasteiger partial charge in [0.25, 0.3) is 5.91 Å². The van der Waals surface area contributed by atoms with Crippen LogP contribution in [0, 0.1) is 0 Å². The standard InChI is InChI=1S/C21H21F3N4O3S/c1-30-16-6-5-12(8-17(16)31-2)15-9-18(21(22,23)24)28-19(27-15)14(11-26-28)20(29)25-10-13-4-3-7-32-13/h3-8,11,15,18,27H,9-10H2,1-2H3,(H,25,29)/t15-,18-/m0/s1. The molecule has 4 rings (SSSR count). The number of hydrogen-bond donors (Lipinski definition) is 2. The number of amides is 1. The van der Waals surface area contributed by atoms with Crippen LogP contribution in [0.4, 0.5) is 19.0 Å². The molecule has 11 heteroatoms. The zero-order valence-corrected chi connectivity index (χ0v) is 18.1. The minimum Gasteiger partial charge on any atom is -0.493 e. The van der Waals surface area contributed by atoms with E-state index in [0.29, 0.717) is 17.1 Å². The Bertz CT molecular complexity index is 1100. The Hall–Kier alpha value is -3.21. The van der Waals surface area contributed by atoms with Crippen molar-refractivity contribution in [1.82, 2.24) is 15.1 Å². The molecule has 0 spiro atoms. The Balaban J connectivity index is 1.66. The van der Waals surface area contributed by atoms with Crippen molar-refractivity contribution in [2.75, 3.05) is 19.5 Å². The molecule has 1 aromatic carbocycles. The third kappa shape index (κ3) is 4.24. The number of ether oxygens (including phenoxy) is 2. The fourth-order valence-electron chi connectivity index (χ4n) is 3.69. The zero-order chi connectivity index (χ0) is 22.9. The van der Waals surface area contributed by atoms with Crippen LogP contribution in [0.25, 0.3) is 0 Å². The van der Waals surface area contributed by atoms with E-state index in [2.05, 4.69) is 15.7 Å². The summed E-state index contributed by atoms with van der Waals surface area (Å²) in [5, 5.41) is 11.6. The molecule has 32 heavy (non-hydrogen) atoms. The maximum atomic E-state index is 13.9. The second-order valence-corrected chi connectivity index (χ2v) is 8.25. The highest BCUT2D eigenvalue weighted by molar-refractivity contribution is 7.09. The van der Waals surface area contributed by atoms with Gasteiger partial charge in [-0.25, -0.2) is 4.68 Å². The predicted octanol–water partition coefficient (Wildman–Crippen LogP) is 4.55. The molecule has 170 valence electrons. The van der Waals surface area contributed by atoms with Crippen molar-refractivity contribution >= 4 is 23.1 Å². The lowest BCUT2D eigenvalue weighted by molar-refractivity contribution is -0.173. The molecule has 0 bridgehead atoms. The largest absolute Gasteiger partial charge is 0.493 e. The first-order valence-corrected chi connectivity index (χ1v) is 10.6. The molecule has 2 aromatic heterocycles. The molecule has 0 fully saturated rings. The van der Waals surface area contributed by atoms with E-state index in [-0.39, 0.29) is 24.3 Å². The quantitative estimate of drug-likeness (QED) is 0.557. The van der Waals surface area contributed by atoms with Gasteiger partial charge in [-0.15, -0.1) is 11.3 Å². The van der Waals surface area contributed by atoms with Crippen LogP contribution >= 0.6 is 11.3 Å². The van der Waals surface area contributed by atoms with Gasteiger partial charge < -0.3 is 20.1 Å². The molecule has 0 radical (unpaired) electrons. The highest BCUT2D eigenvalue weighted by Gasteiger charge is 2.47. The number of halogens is 3. The number of fused-ring (bicyclic) bond motifs is 1. The Morgan fingerprint density at radius 3 is 2.72 bits per heavy atom. The van der Waals surface area contributed by atoms with Crippen molar-refractivity contribution in [2.45, 2.75) is 31.2 Å². The molecule has 1 amide bonds. The van der Waals surface area contributed by atoms with E-state index in [0.717, 1.165) is 9.56 Å². The van der Waals surface area contributed by atoms with Crippen LogP contribution in [0.3, 0.4) is 0 Å². The number of alkyl halides is 3. The first kappa shape index (κ1) is 22.0. The zero-order valence-electron chi connectivity index (χ0n) is 17.3. The van der Waals surface area contributed by atoms with Crippen LogP contribution < -0.4 is 20.1 Å². The van der Waals surface area contributed by atoms with E-state index in [1.807, 2.05) is 17.5 Å². The van der Waals surface area contributed by atoms with Gasteiger partial charge in [-0.05, 0) is 29.1 Å². The van der Waals surface area contributed by atoms with E-state index in [9.17, 15) is 18.0 Å². The van der Waals surface area contributed by atoms with Gasteiger partial charge >= 0.3 is 6.18 Å². The van der Waals surface area contributed by atoms with E-state index < -0.39 is 24.2 Å². The Kier molecular flexibility index (Phi) is 6.00.